The third-order valence-corrected chi connectivity index (χ3v) is 3.91. The molecule has 0 radical (unpaired) electrons. The van der Waals surface area contributed by atoms with Crippen LogP contribution < -0.4 is 5.32 Å². The second-order valence-electron chi connectivity index (χ2n) is 4.53. The zero-order valence-corrected chi connectivity index (χ0v) is 11.9. The highest BCUT2D eigenvalue weighted by Gasteiger charge is 2.31. The monoisotopic (exact) mass is 299 g/mol. The maximum Gasteiger partial charge on any atom is 0.416 e. The third kappa shape index (κ3) is 3.61. The van der Waals surface area contributed by atoms with Crippen molar-refractivity contribution in [1.29, 1.82) is 0 Å². The van der Waals surface area contributed by atoms with Crippen LogP contribution in [0.15, 0.2) is 41.8 Å². The van der Waals surface area contributed by atoms with E-state index < -0.39 is 11.7 Å². The minimum absolute atomic E-state index is 0.183. The number of hydrogen-bond acceptors (Lipinski definition) is 2. The Morgan fingerprint density at radius 1 is 1.20 bits per heavy atom. The summed E-state index contributed by atoms with van der Waals surface area (Å²) in [7, 11) is 0. The van der Waals surface area contributed by atoms with Gasteiger partial charge in [0.05, 0.1) is 11.6 Å². The van der Waals surface area contributed by atoms with Crippen LogP contribution in [0.25, 0.3) is 0 Å². The molecule has 0 bridgehead atoms. The molecule has 1 nitrogen and oxygen atoms in total. The quantitative estimate of drug-likeness (QED) is 0.831. The summed E-state index contributed by atoms with van der Waals surface area (Å²) in [6.45, 7) is 2.80. The van der Waals surface area contributed by atoms with Crippen LogP contribution in [-0.2, 0) is 6.18 Å². The molecule has 0 aliphatic heterocycles. The molecule has 5 heteroatoms. The fourth-order valence-electron chi connectivity index (χ4n) is 2.02. The molecule has 108 valence electrons. The largest absolute Gasteiger partial charge is 0.416 e. The van der Waals surface area contributed by atoms with Crippen LogP contribution in [0.2, 0.25) is 0 Å². The summed E-state index contributed by atoms with van der Waals surface area (Å²) in [5.41, 5.74) is 0.0468. The van der Waals surface area contributed by atoms with Gasteiger partial charge in [-0.1, -0.05) is 25.1 Å². The topological polar surface area (TPSA) is 12.0 Å². The molecule has 2 rings (SSSR count). The summed E-state index contributed by atoms with van der Waals surface area (Å²) in [5.74, 6) is 0. The molecule has 1 aromatic carbocycles. The minimum atomic E-state index is -4.30. The molecular weight excluding hydrogens is 283 g/mol. The van der Waals surface area contributed by atoms with E-state index in [1.54, 1.807) is 17.4 Å². The predicted octanol–water partition coefficient (Wildman–Crippen LogP) is 4.86. The molecule has 1 unspecified atom stereocenters. The van der Waals surface area contributed by atoms with Crippen molar-refractivity contribution in [3.8, 4) is 0 Å². The molecule has 2 aromatic rings. The minimum Gasteiger partial charge on any atom is -0.306 e. The first-order chi connectivity index (χ1) is 9.52. The summed E-state index contributed by atoms with van der Waals surface area (Å²) < 4.78 is 38.4. The molecule has 0 fully saturated rings. The van der Waals surface area contributed by atoms with Crippen molar-refractivity contribution in [2.45, 2.75) is 25.6 Å². The van der Waals surface area contributed by atoms with Gasteiger partial charge >= 0.3 is 6.18 Å². The Morgan fingerprint density at radius 2 is 2.00 bits per heavy atom. The van der Waals surface area contributed by atoms with Crippen molar-refractivity contribution < 1.29 is 13.2 Å². The Balaban J connectivity index is 2.34. The van der Waals surface area contributed by atoms with Gasteiger partial charge in [-0.15, -0.1) is 11.3 Å². The van der Waals surface area contributed by atoms with Crippen molar-refractivity contribution in [3.05, 3.63) is 57.8 Å². The van der Waals surface area contributed by atoms with E-state index in [0.29, 0.717) is 5.56 Å². The summed E-state index contributed by atoms with van der Waals surface area (Å²) in [4.78, 5) is 1.03. The lowest BCUT2D eigenvalue weighted by atomic mass is 10.0. The first-order valence-corrected chi connectivity index (χ1v) is 7.34. The van der Waals surface area contributed by atoms with E-state index in [4.69, 9.17) is 0 Å². The van der Waals surface area contributed by atoms with Gasteiger partial charge < -0.3 is 5.32 Å². The van der Waals surface area contributed by atoms with E-state index in [-0.39, 0.29) is 6.04 Å². The molecule has 20 heavy (non-hydrogen) atoms. The van der Waals surface area contributed by atoms with Crippen molar-refractivity contribution in [2.24, 2.45) is 0 Å². The van der Waals surface area contributed by atoms with E-state index in [1.807, 2.05) is 24.4 Å². The van der Waals surface area contributed by atoms with E-state index in [9.17, 15) is 13.2 Å². The summed E-state index contributed by atoms with van der Waals surface area (Å²) in [6.07, 6.45) is -3.37. The van der Waals surface area contributed by atoms with E-state index in [1.165, 1.54) is 12.1 Å². The van der Waals surface area contributed by atoms with E-state index >= 15 is 0 Å². The molecular formula is C15H16F3NS. The lowest BCUT2D eigenvalue weighted by Crippen LogP contribution is -2.22. The fraction of sp³-hybridized carbons (Fsp3) is 0.333. The molecule has 1 N–H and O–H groups in total. The summed E-state index contributed by atoms with van der Waals surface area (Å²) >= 11 is 1.55. The van der Waals surface area contributed by atoms with Gasteiger partial charge in [0.15, 0.2) is 0 Å². The average Bonchev–Trinajstić information content (AvgIpc) is 2.92. The number of rotatable bonds is 5. The summed E-state index contributed by atoms with van der Waals surface area (Å²) in [5, 5.41) is 5.24. The number of alkyl halides is 3. The average molecular weight is 299 g/mol. The first-order valence-electron chi connectivity index (χ1n) is 6.46. The van der Waals surface area contributed by atoms with Crippen LogP contribution in [0, 0.1) is 0 Å². The van der Waals surface area contributed by atoms with Crippen LogP contribution in [-0.4, -0.2) is 6.54 Å². The molecule has 0 saturated heterocycles. The highest BCUT2D eigenvalue weighted by Crippen LogP contribution is 2.33. The van der Waals surface area contributed by atoms with Gasteiger partial charge in [-0.25, -0.2) is 0 Å². The summed E-state index contributed by atoms with van der Waals surface area (Å²) in [6, 6.07) is 9.21. The number of nitrogens with one attached hydrogen (secondary N) is 1. The van der Waals surface area contributed by atoms with Gasteiger partial charge in [0.2, 0.25) is 0 Å². The zero-order valence-electron chi connectivity index (χ0n) is 11.1. The van der Waals surface area contributed by atoms with Crippen LogP contribution in [0.1, 0.15) is 35.4 Å². The molecule has 0 amide bonds. The smallest absolute Gasteiger partial charge is 0.306 e. The second-order valence-corrected chi connectivity index (χ2v) is 5.51. The Kier molecular flexibility index (Phi) is 4.83. The molecule has 1 aromatic heterocycles. The van der Waals surface area contributed by atoms with Crippen LogP contribution in [0.4, 0.5) is 13.2 Å². The first kappa shape index (κ1) is 15.1. The lowest BCUT2D eigenvalue weighted by Gasteiger charge is -2.19. The Morgan fingerprint density at radius 3 is 2.60 bits per heavy atom. The molecule has 1 heterocycles. The number of thiophene rings is 1. The molecule has 0 aliphatic carbocycles. The van der Waals surface area contributed by atoms with Gasteiger partial charge in [0.25, 0.3) is 0 Å². The molecule has 0 saturated carbocycles. The molecule has 0 spiro atoms. The van der Waals surface area contributed by atoms with Crippen molar-refractivity contribution in [3.63, 3.8) is 0 Å². The number of hydrogen-bond donors (Lipinski definition) is 1. The van der Waals surface area contributed by atoms with Crippen LogP contribution in [0.5, 0.6) is 0 Å². The van der Waals surface area contributed by atoms with Gasteiger partial charge in [0, 0.05) is 4.88 Å². The Bertz CT molecular complexity index is 534. The third-order valence-electron chi connectivity index (χ3n) is 2.97. The van der Waals surface area contributed by atoms with E-state index in [0.717, 1.165) is 23.9 Å². The molecule has 1 atom stereocenters. The Labute approximate surface area is 120 Å². The van der Waals surface area contributed by atoms with Gasteiger partial charge in [-0.2, -0.15) is 13.2 Å². The van der Waals surface area contributed by atoms with Crippen molar-refractivity contribution in [1.82, 2.24) is 5.32 Å². The maximum absolute atomic E-state index is 12.8. The zero-order chi connectivity index (χ0) is 14.6. The normalized spacial score (nSPS) is 13.4. The number of halogens is 3. The van der Waals surface area contributed by atoms with Crippen molar-refractivity contribution >= 4 is 11.3 Å². The number of benzene rings is 1. The fourth-order valence-corrected chi connectivity index (χ4v) is 2.85. The predicted molar refractivity (Wildman–Crippen MR) is 75.9 cm³/mol. The maximum atomic E-state index is 12.8. The molecule has 0 aliphatic rings. The standard InChI is InChI=1S/C15H16F3NS/c1-2-8-19-14(13-7-4-9-20-13)11-5-3-6-12(10-11)15(16,17)18/h3-7,9-10,14,19H,2,8H2,1H3. The SMILES string of the molecule is CCCNC(c1cccc(C(F)(F)F)c1)c1cccs1. The van der Waals surface area contributed by atoms with Gasteiger partial charge in [-0.05, 0) is 42.1 Å². The van der Waals surface area contributed by atoms with Crippen LogP contribution in [0.3, 0.4) is 0 Å². The van der Waals surface area contributed by atoms with Crippen LogP contribution >= 0.6 is 11.3 Å². The van der Waals surface area contributed by atoms with Gasteiger partial charge in [0.1, 0.15) is 0 Å². The van der Waals surface area contributed by atoms with Crippen molar-refractivity contribution in [2.75, 3.05) is 6.54 Å². The second kappa shape index (κ2) is 6.41. The van der Waals surface area contributed by atoms with E-state index in [2.05, 4.69) is 5.32 Å². The highest BCUT2D eigenvalue weighted by molar-refractivity contribution is 7.10. The lowest BCUT2D eigenvalue weighted by molar-refractivity contribution is -0.137. The Hall–Kier alpha value is -1.33. The highest BCUT2D eigenvalue weighted by atomic mass is 32.1. The van der Waals surface area contributed by atoms with Gasteiger partial charge in [-0.3, -0.25) is 0 Å².